The molecule has 11 heteroatoms. The van der Waals surface area contributed by atoms with E-state index in [1.165, 1.54) is 4.90 Å². The molecule has 2 aromatic heterocycles. The Morgan fingerprint density at radius 1 is 1.03 bits per heavy atom. The van der Waals surface area contributed by atoms with Crippen LogP contribution in [0.3, 0.4) is 0 Å². The summed E-state index contributed by atoms with van der Waals surface area (Å²) in [5.41, 5.74) is -0.437. The number of nitrogens with zero attached hydrogens (tertiary/aromatic N) is 4. The average molecular weight is 460 g/mol. The summed E-state index contributed by atoms with van der Waals surface area (Å²) >= 11 is 0. The molecule has 0 fully saturated rings. The molecule has 0 bridgehead atoms. The van der Waals surface area contributed by atoms with Crippen molar-refractivity contribution in [1.29, 1.82) is 0 Å². The number of urea groups is 1. The van der Waals surface area contributed by atoms with E-state index in [0.29, 0.717) is 18.7 Å². The predicted molar refractivity (Wildman–Crippen MR) is 115 cm³/mol. The molecule has 2 N–H and O–H groups in total. The van der Waals surface area contributed by atoms with E-state index in [1.54, 1.807) is 49.8 Å². The van der Waals surface area contributed by atoms with Crippen LogP contribution in [0.1, 0.15) is 21.6 Å². The van der Waals surface area contributed by atoms with Crippen LogP contribution >= 0.6 is 0 Å². The van der Waals surface area contributed by atoms with Gasteiger partial charge in [-0.1, -0.05) is 18.2 Å². The van der Waals surface area contributed by atoms with Gasteiger partial charge >= 0.3 is 12.2 Å². The van der Waals surface area contributed by atoms with Gasteiger partial charge in [-0.3, -0.25) is 9.78 Å². The number of likely N-dealkylation sites (N-methyl/N-ethyl adjacent to an activating group) is 1. The SMILES string of the molecule is CN(CCc1ccncc1)C(=O)NCCNC(=O)c1cn(-c2ccccc2)nc1C(F)(F)F. The zero-order valence-corrected chi connectivity index (χ0v) is 17.8. The first-order valence-electron chi connectivity index (χ1n) is 10.1. The van der Waals surface area contributed by atoms with Gasteiger partial charge < -0.3 is 15.5 Å². The van der Waals surface area contributed by atoms with E-state index in [2.05, 4.69) is 20.7 Å². The molecule has 0 saturated heterocycles. The lowest BCUT2D eigenvalue weighted by Gasteiger charge is -2.18. The summed E-state index contributed by atoms with van der Waals surface area (Å²) in [6, 6.07) is 11.5. The van der Waals surface area contributed by atoms with Gasteiger partial charge in [0.05, 0.1) is 11.3 Å². The van der Waals surface area contributed by atoms with E-state index in [4.69, 9.17) is 0 Å². The summed E-state index contributed by atoms with van der Waals surface area (Å²) in [5.74, 6) is -0.926. The summed E-state index contributed by atoms with van der Waals surface area (Å²) in [6.45, 7) is 0.477. The highest BCUT2D eigenvalue weighted by Crippen LogP contribution is 2.31. The van der Waals surface area contributed by atoms with E-state index >= 15 is 0 Å². The fourth-order valence-corrected chi connectivity index (χ4v) is 2.99. The van der Waals surface area contributed by atoms with Gasteiger partial charge in [0, 0.05) is 45.3 Å². The molecule has 0 aliphatic rings. The van der Waals surface area contributed by atoms with Crippen molar-refractivity contribution in [2.45, 2.75) is 12.6 Å². The second-order valence-corrected chi connectivity index (χ2v) is 7.18. The number of amides is 3. The van der Waals surface area contributed by atoms with E-state index in [9.17, 15) is 22.8 Å². The first-order valence-corrected chi connectivity index (χ1v) is 10.1. The minimum Gasteiger partial charge on any atom is -0.350 e. The summed E-state index contributed by atoms with van der Waals surface area (Å²) in [6.07, 6.45) is 0.240. The Morgan fingerprint density at radius 2 is 1.70 bits per heavy atom. The second kappa shape index (κ2) is 10.6. The molecule has 2 heterocycles. The lowest BCUT2D eigenvalue weighted by molar-refractivity contribution is -0.141. The summed E-state index contributed by atoms with van der Waals surface area (Å²) in [7, 11) is 1.63. The third kappa shape index (κ3) is 6.55. The van der Waals surface area contributed by atoms with Crippen molar-refractivity contribution in [2.75, 3.05) is 26.7 Å². The number of alkyl halides is 3. The largest absolute Gasteiger partial charge is 0.435 e. The fourth-order valence-electron chi connectivity index (χ4n) is 2.99. The number of aromatic nitrogens is 3. The van der Waals surface area contributed by atoms with E-state index in [0.717, 1.165) is 16.4 Å². The Morgan fingerprint density at radius 3 is 2.36 bits per heavy atom. The summed E-state index contributed by atoms with van der Waals surface area (Å²) < 4.78 is 41.2. The number of nitrogens with one attached hydrogen (secondary N) is 2. The molecule has 174 valence electrons. The molecule has 0 unspecified atom stereocenters. The molecule has 33 heavy (non-hydrogen) atoms. The molecular weight excluding hydrogens is 437 g/mol. The first kappa shape index (κ1) is 23.8. The van der Waals surface area contributed by atoms with Gasteiger partial charge in [-0.15, -0.1) is 0 Å². The third-order valence-corrected chi connectivity index (χ3v) is 4.77. The Balaban J connectivity index is 1.52. The molecule has 0 atom stereocenters. The van der Waals surface area contributed by atoms with Gasteiger partial charge in [0.1, 0.15) is 0 Å². The van der Waals surface area contributed by atoms with Crippen LogP contribution in [0.5, 0.6) is 0 Å². The molecule has 3 amide bonds. The Bertz CT molecular complexity index is 1070. The van der Waals surface area contributed by atoms with Crippen LogP contribution in [0.2, 0.25) is 0 Å². The number of para-hydroxylation sites is 1. The van der Waals surface area contributed by atoms with E-state index in [-0.39, 0.29) is 19.1 Å². The molecule has 0 saturated carbocycles. The van der Waals surface area contributed by atoms with Crippen LogP contribution in [0.25, 0.3) is 5.69 Å². The quantitative estimate of drug-likeness (QED) is 0.506. The minimum atomic E-state index is -4.79. The van der Waals surface area contributed by atoms with Crippen molar-refractivity contribution in [1.82, 2.24) is 30.3 Å². The minimum absolute atomic E-state index is 0.0451. The van der Waals surface area contributed by atoms with Crippen molar-refractivity contribution >= 4 is 11.9 Å². The number of carbonyl (C=O) groups is 2. The standard InChI is InChI=1S/C22H23F3N6O2/c1-30(14-9-16-7-10-26-11-8-16)21(33)28-13-12-27-20(32)18-15-31(17-5-3-2-4-6-17)29-19(18)22(23,24)25/h2-8,10-11,15H,9,12-14H2,1H3,(H,27,32)(H,28,33). The van der Waals surface area contributed by atoms with Crippen LogP contribution in [-0.2, 0) is 12.6 Å². The highest BCUT2D eigenvalue weighted by molar-refractivity contribution is 5.95. The molecule has 1 aromatic carbocycles. The van der Waals surface area contributed by atoms with Crippen LogP contribution in [0.15, 0.2) is 61.1 Å². The highest BCUT2D eigenvalue weighted by Gasteiger charge is 2.39. The smallest absolute Gasteiger partial charge is 0.350 e. The van der Waals surface area contributed by atoms with Gasteiger partial charge in [-0.05, 0) is 36.2 Å². The van der Waals surface area contributed by atoms with Crippen molar-refractivity contribution < 1.29 is 22.8 Å². The zero-order valence-electron chi connectivity index (χ0n) is 17.8. The number of halogens is 3. The summed E-state index contributed by atoms with van der Waals surface area (Å²) in [4.78, 5) is 30.0. The number of hydrogen-bond donors (Lipinski definition) is 2. The van der Waals surface area contributed by atoms with Crippen molar-refractivity contribution in [2.24, 2.45) is 0 Å². The van der Waals surface area contributed by atoms with Crippen LogP contribution in [0, 0.1) is 0 Å². The monoisotopic (exact) mass is 460 g/mol. The molecule has 0 aliphatic carbocycles. The molecule has 0 aliphatic heterocycles. The number of rotatable bonds is 8. The topological polar surface area (TPSA) is 92.2 Å². The van der Waals surface area contributed by atoms with Crippen LogP contribution < -0.4 is 10.6 Å². The number of pyridine rings is 1. The number of benzene rings is 1. The zero-order chi connectivity index (χ0) is 23.8. The van der Waals surface area contributed by atoms with Gasteiger partial charge in [0.15, 0.2) is 5.69 Å². The molecule has 3 rings (SSSR count). The Labute approximate surface area is 188 Å². The van der Waals surface area contributed by atoms with Gasteiger partial charge in [0.25, 0.3) is 5.91 Å². The second-order valence-electron chi connectivity index (χ2n) is 7.18. The maximum atomic E-state index is 13.4. The maximum absolute atomic E-state index is 13.4. The Hall–Kier alpha value is -3.89. The van der Waals surface area contributed by atoms with E-state index in [1.807, 2.05) is 12.1 Å². The van der Waals surface area contributed by atoms with Crippen LogP contribution in [-0.4, -0.2) is 58.3 Å². The fraction of sp³-hybridized carbons (Fsp3) is 0.273. The Kier molecular flexibility index (Phi) is 7.65. The van der Waals surface area contributed by atoms with Crippen LogP contribution in [0.4, 0.5) is 18.0 Å². The highest BCUT2D eigenvalue weighted by atomic mass is 19.4. The normalized spacial score (nSPS) is 11.2. The number of hydrogen-bond acceptors (Lipinski definition) is 4. The maximum Gasteiger partial charge on any atom is 0.435 e. The third-order valence-electron chi connectivity index (χ3n) is 4.77. The first-order chi connectivity index (χ1) is 15.8. The average Bonchev–Trinajstić information content (AvgIpc) is 3.28. The molecule has 0 radical (unpaired) electrons. The van der Waals surface area contributed by atoms with Crippen molar-refractivity contribution in [3.8, 4) is 5.69 Å². The van der Waals surface area contributed by atoms with E-state index < -0.39 is 23.3 Å². The molecule has 8 nitrogen and oxygen atoms in total. The molecule has 0 spiro atoms. The lowest BCUT2D eigenvalue weighted by Crippen LogP contribution is -2.42. The van der Waals surface area contributed by atoms with Crippen molar-refractivity contribution in [3.63, 3.8) is 0 Å². The molecule has 3 aromatic rings. The van der Waals surface area contributed by atoms with Crippen molar-refractivity contribution in [3.05, 3.63) is 77.9 Å². The molecular formula is C22H23F3N6O2. The summed E-state index contributed by atoms with van der Waals surface area (Å²) in [5, 5.41) is 8.56. The number of carbonyl (C=O) groups excluding carboxylic acids is 2. The predicted octanol–water partition coefficient (Wildman–Crippen LogP) is 2.90. The lowest BCUT2D eigenvalue weighted by atomic mass is 10.2. The van der Waals surface area contributed by atoms with Gasteiger partial charge in [0.2, 0.25) is 0 Å². The van der Waals surface area contributed by atoms with Gasteiger partial charge in [-0.2, -0.15) is 18.3 Å². The van der Waals surface area contributed by atoms with Gasteiger partial charge in [-0.25, -0.2) is 9.48 Å².